The zero-order valence-corrected chi connectivity index (χ0v) is 12.8. The number of ether oxygens (including phenoxy) is 3. The summed E-state index contributed by atoms with van der Waals surface area (Å²) in [6.45, 7) is 0. The van der Waals surface area contributed by atoms with E-state index in [0.717, 1.165) is 11.3 Å². The molecule has 2 rings (SSSR count). The van der Waals surface area contributed by atoms with E-state index in [1.165, 1.54) is 0 Å². The molecule has 0 unspecified atom stereocenters. The van der Waals surface area contributed by atoms with Crippen molar-refractivity contribution in [1.29, 1.82) is 0 Å². The molecule has 0 aliphatic heterocycles. The second-order valence-corrected chi connectivity index (χ2v) is 4.63. The lowest BCUT2D eigenvalue weighted by molar-refractivity contribution is 0.324. The van der Waals surface area contributed by atoms with Crippen LogP contribution in [0.5, 0.6) is 17.2 Å². The number of hydrogen-bond acceptors (Lipinski definition) is 4. The quantitative estimate of drug-likeness (QED) is 0.780. The molecule has 0 N–H and O–H groups in total. The van der Waals surface area contributed by atoms with Gasteiger partial charge in [0.2, 0.25) is 5.75 Å². The Labute approximate surface area is 128 Å². The third-order valence-electron chi connectivity index (χ3n) is 2.86. The molecule has 0 heterocycles. The summed E-state index contributed by atoms with van der Waals surface area (Å²) in [6, 6.07) is 11.0. The number of benzene rings is 2. The van der Waals surface area contributed by atoms with Gasteiger partial charge in [-0.15, -0.1) is 0 Å². The van der Waals surface area contributed by atoms with Crippen LogP contribution in [0.4, 0.5) is 5.69 Å². The van der Waals surface area contributed by atoms with Gasteiger partial charge in [0.15, 0.2) is 11.5 Å². The summed E-state index contributed by atoms with van der Waals surface area (Å²) in [5.41, 5.74) is 1.61. The van der Waals surface area contributed by atoms with Crippen molar-refractivity contribution in [2.24, 2.45) is 4.99 Å². The molecule has 2 aromatic rings. The summed E-state index contributed by atoms with van der Waals surface area (Å²) in [5.74, 6) is 1.73. The van der Waals surface area contributed by atoms with Crippen LogP contribution in [0.3, 0.4) is 0 Å². The molecule has 0 aromatic heterocycles. The van der Waals surface area contributed by atoms with E-state index in [-0.39, 0.29) is 0 Å². The Kier molecular flexibility index (Phi) is 5.06. The molecular weight excluding hydrogens is 290 g/mol. The van der Waals surface area contributed by atoms with Crippen LogP contribution in [0.1, 0.15) is 5.56 Å². The van der Waals surface area contributed by atoms with Crippen molar-refractivity contribution in [1.82, 2.24) is 0 Å². The molecule has 0 fully saturated rings. The average Bonchev–Trinajstić information content (AvgIpc) is 2.51. The average molecular weight is 306 g/mol. The Morgan fingerprint density at radius 2 is 1.62 bits per heavy atom. The van der Waals surface area contributed by atoms with Crippen molar-refractivity contribution in [2.45, 2.75) is 0 Å². The minimum atomic E-state index is 0.555. The van der Waals surface area contributed by atoms with Crippen LogP contribution in [-0.2, 0) is 0 Å². The highest BCUT2D eigenvalue weighted by Crippen LogP contribution is 2.37. The van der Waals surface area contributed by atoms with Crippen LogP contribution < -0.4 is 14.2 Å². The van der Waals surface area contributed by atoms with E-state index in [1.54, 1.807) is 39.7 Å². The molecule has 21 heavy (non-hydrogen) atoms. The fraction of sp³-hybridized carbons (Fsp3) is 0.188. The van der Waals surface area contributed by atoms with Crippen molar-refractivity contribution < 1.29 is 14.2 Å². The van der Waals surface area contributed by atoms with Crippen molar-refractivity contribution >= 4 is 23.5 Å². The van der Waals surface area contributed by atoms with Crippen molar-refractivity contribution in [3.8, 4) is 17.2 Å². The Hall–Kier alpha value is -2.20. The first kappa shape index (κ1) is 15.2. The number of halogens is 1. The van der Waals surface area contributed by atoms with E-state index in [0.29, 0.717) is 22.3 Å². The highest BCUT2D eigenvalue weighted by Gasteiger charge is 2.12. The molecule has 0 saturated heterocycles. The molecule has 110 valence electrons. The number of nitrogens with zero attached hydrogens (tertiary/aromatic N) is 1. The van der Waals surface area contributed by atoms with E-state index in [2.05, 4.69) is 4.99 Å². The number of rotatable bonds is 5. The van der Waals surface area contributed by atoms with E-state index in [4.69, 9.17) is 25.8 Å². The summed E-state index contributed by atoms with van der Waals surface area (Å²) in [5, 5.41) is 0.648. The Morgan fingerprint density at radius 3 is 2.14 bits per heavy atom. The van der Waals surface area contributed by atoms with Crippen LogP contribution in [-0.4, -0.2) is 27.5 Å². The van der Waals surface area contributed by atoms with Gasteiger partial charge in [0, 0.05) is 16.8 Å². The van der Waals surface area contributed by atoms with E-state index < -0.39 is 0 Å². The summed E-state index contributed by atoms with van der Waals surface area (Å²) in [4.78, 5) is 4.38. The van der Waals surface area contributed by atoms with E-state index >= 15 is 0 Å². The van der Waals surface area contributed by atoms with Gasteiger partial charge in [0.05, 0.1) is 27.0 Å². The Bertz CT molecular complexity index is 631. The first-order chi connectivity index (χ1) is 10.2. The second-order valence-electron chi connectivity index (χ2n) is 4.20. The van der Waals surface area contributed by atoms with Gasteiger partial charge in [0.1, 0.15) is 0 Å². The molecule has 0 spiro atoms. The third kappa shape index (κ3) is 3.67. The molecule has 0 aliphatic rings. The first-order valence-corrected chi connectivity index (χ1v) is 6.65. The molecule has 0 radical (unpaired) electrons. The summed E-state index contributed by atoms with van der Waals surface area (Å²) in [7, 11) is 4.73. The van der Waals surface area contributed by atoms with Crippen LogP contribution >= 0.6 is 11.6 Å². The topological polar surface area (TPSA) is 40.0 Å². The van der Waals surface area contributed by atoms with Gasteiger partial charge in [-0.1, -0.05) is 17.7 Å². The normalized spacial score (nSPS) is 10.7. The zero-order valence-electron chi connectivity index (χ0n) is 12.1. The van der Waals surface area contributed by atoms with E-state index in [1.807, 2.05) is 24.3 Å². The largest absolute Gasteiger partial charge is 0.493 e. The Morgan fingerprint density at radius 1 is 0.952 bits per heavy atom. The summed E-state index contributed by atoms with van der Waals surface area (Å²) < 4.78 is 15.9. The van der Waals surface area contributed by atoms with Crippen LogP contribution in [0.25, 0.3) is 0 Å². The fourth-order valence-corrected chi connectivity index (χ4v) is 2.07. The standard InChI is InChI=1S/C16H16ClNO3/c1-19-14-7-11(8-15(20-2)16(14)21-3)10-18-13-6-4-5-12(17)9-13/h4-10H,1-3H3. The summed E-state index contributed by atoms with van der Waals surface area (Å²) >= 11 is 5.93. The predicted molar refractivity (Wildman–Crippen MR) is 84.8 cm³/mol. The first-order valence-electron chi connectivity index (χ1n) is 6.27. The highest BCUT2D eigenvalue weighted by molar-refractivity contribution is 6.30. The van der Waals surface area contributed by atoms with Crippen LogP contribution in [0.15, 0.2) is 41.4 Å². The molecule has 0 saturated carbocycles. The maximum absolute atomic E-state index is 5.93. The molecule has 5 heteroatoms. The molecule has 0 aliphatic carbocycles. The molecule has 4 nitrogen and oxygen atoms in total. The molecule has 0 amide bonds. The van der Waals surface area contributed by atoms with Crippen LogP contribution in [0.2, 0.25) is 5.02 Å². The lowest BCUT2D eigenvalue weighted by Gasteiger charge is -2.12. The van der Waals surface area contributed by atoms with Crippen molar-refractivity contribution in [3.05, 3.63) is 47.0 Å². The second kappa shape index (κ2) is 6.99. The molecule has 0 bridgehead atoms. The van der Waals surface area contributed by atoms with Gasteiger partial charge in [0.25, 0.3) is 0 Å². The van der Waals surface area contributed by atoms with E-state index in [9.17, 15) is 0 Å². The molecule has 0 atom stereocenters. The van der Waals surface area contributed by atoms with Gasteiger partial charge < -0.3 is 14.2 Å². The lowest BCUT2D eigenvalue weighted by atomic mass is 10.2. The monoisotopic (exact) mass is 305 g/mol. The maximum atomic E-state index is 5.93. The smallest absolute Gasteiger partial charge is 0.203 e. The highest BCUT2D eigenvalue weighted by atomic mass is 35.5. The minimum Gasteiger partial charge on any atom is -0.493 e. The van der Waals surface area contributed by atoms with Gasteiger partial charge in [-0.3, -0.25) is 4.99 Å². The predicted octanol–water partition coefficient (Wildman–Crippen LogP) is 4.12. The zero-order chi connectivity index (χ0) is 15.2. The minimum absolute atomic E-state index is 0.555. The van der Waals surface area contributed by atoms with Crippen molar-refractivity contribution in [2.75, 3.05) is 21.3 Å². The number of aliphatic imine (C=N–C) groups is 1. The fourth-order valence-electron chi connectivity index (χ4n) is 1.88. The molecular formula is C16H16ClNO3. The lowest BCUT2D eigenvalue weighted by Crippen LogP contribution is -1.96. The maximum Gasteiger partial charge on any atom is 0.203 e. The van der Waals surface area contributed by atoms with Gasteiger partial charge in [-0.2, -0.15) is 0 Å². The van der Waals surface area contributed by atoms with Gasteiger partial charge in [-0.25, -0.2) is 0 Å². The SMILES string of the molecule is COc1cc(C=Nc2cccc(Cl)c2)cc(OC)c1OC. The van der Waals surface area contributed by atoms with Crippen molar-refractivity contribution in [3.63, 3.8) is 0 Å². The van der Waals surface area contributed by atoms with Gasteiger partial charge >= 0.3 is 0 Å². The molecule has 2 aromatic carbocycles. The summed E-state index contributed by atoms with van der Waals surface area (Å²) in [6.07, 6.45) is 1.72. The number of methoxy groups -OCH3 is 3. The number of hydrogen-bond donors (Lipinski definition) is 0. The Balaban J connectivity index is 2.36. The third-order valence-corrected chi connectivity index (χ3v) is 3.09. The van der Waals surface area contributed by atoms with Crippen LogP contribution in [0, 0.1) is 0 Å². The van der Waals surface area contributed by atoms with Gasteiger partial charge in [-0.05, 0) is 30.3 Å².